The Labute approximate surface area is 293 Å². The number of aromatic nitrogens is 2. The van der Waals surface area contributed by atoms with Crippen LogP contribution in [0.2, 0.25) is 0 Å². The molecule has 3 unspecified atom stereocenters. The van der Waals surface area contributed by atoms with E-state index in [1.165, 1.54) is 12.1 Å². The van der Waals surface area contributed by atoms with Crippen molar-refractivity contribution in [3.63, 3.8) is 0 Å². The van der Waals surface area contributed by atoms with Crippen LogP contribution in [-0.2, 0) is 20.7 Å². The van der Waals surface area contributed by atoms with Gasteiger partial charge in [-0.25, -0.2) is 14.1 Å². The first-order valence-electron chi connectivity index (χ1n) is 16.3. The predicted octanol–water partition coefficient (Wildman–Crippen LogP) is 7.49. The first kappa shape index (κ1) is 32.8. The molecule has 0 radical (unpaired) electrons. The third-order valence-corrected chi connectivity index (χ3v) is 9.17. The van der Waals surface area contributed by atoms with Crippen molar-refractivity contribution in [1.82, 2.24) is 14.0 Å². The number of ether oxygens (including phenoxy) is 1. The predicted molar refractivity (Wildman–Crippen MR) is 187 cm³/mol. The van der Waals surface area contributed by atoms with E-state index < -0.39 is 41.7 Å². The minimum atomic E-state index is -1.38. The Balaban J connectivity index is 1.24. The highest BCUT2D eigenvalue weighted by molar-refractivity contribution is 6.00. The number of amides is 2. The quantitative estimate of drug-likeness (QED) is 0.161. The summed E-state index contributed by atoms with van der Waals surface area (Å²) in [6.07, 6.45) is 6.23. The number of cyclic esters (lactones) is 1. The lowest BCUT2D eigenvalue weighted by atomic mass is 9.82. The summed E-state index contributed by atoms with van der Waals surface area (Å²) in [5.41, 5.74) is 5.46. The van der Waals surface area contributed by atoms with E-state index in [0.717, 1.165) is 27.3 Å². The summed E-state index contributed by atoms with van der Waals surface area (Å²) in [5.74, 6) is -5.05. The number of halogens is 1. The molecule has 2 aromatic heterocycles. The number of hydrogen-bond acceptors (Lipinski definition) is 5. The molecule has 3 heterocycles. The highest BCUT2D eigenvalue weighted by atomic mass is 19.1. The van der Waals surface area contributed by atoms with Crippen molar-refractivity contribution in [2.75, 3.05) is 6.61 Å². The normalized spacial score (nSPS) is 15.2. The molecular weight excluding hydrogens is 647 g/mol. The van der Waals surface area contributed by atoms with E-state index in [1.54, 1.807) is 70.3 Å². The largest absolute Gasteiger partial charge is 0.481 e. The topological polar surface area (TPSA) is 118 Å². The molecule has 1 N–H and O–H groups in total. The van der Waals surface area contributed by atoms with E-state index >= 15 is 0 Å². The summed E-state index contributed by atoms with van der Waals surface area (Å²) < 4.78 is 22.5. The van der Waals surface area contributed by atoms with Gasteiger partial charge in [0.05, 0.1) is 29.5 Å². The Hall–Kier alpha value is -6.73. The van der Waals surface area contributed by atoms with Crippen molar-refractivity contribution in [1.29, 1.82) is 5.26 Å². The summed E-state index contributed by atoms with van der Waals surface area (Å²) in [7, 11) is 0. The van der Waals surface area contributed by atoms with Crippen molar-refractivity contribution >= 4 is 18.0 Å². The molecular formula is C41H31FN4O5. The highest BCUT2D eigenvalue weighted by Gasteiger charge is 2.46. The maximum absolute atomic E-state index is 14.6. The van der Waals surface area contributed by atoms with E-state index in [1.807, 2.05) is 66.7 Å². The summed E-state index contributed by atoms with van der Waals surface area (Å²) in [6.45, 7) is -0.0185. The molecule has 0 saturated carbocycles. The number of carbonyl (C=O) groups is 3. The second-order valence-electron chi connectivity index (χ2n) is 12.3. The van der Waals surface area contributed by atoms with E-state index in [-0.39, 0.29) is 6.61 Å². The van der Waals surface area contributed by atoms with Crippen LogP contribution in [0.4, 0.5) is 9.18 Å². The Bertz CT molecular complexity index is 2240. The summed E-state index contributed by atoms with van der Waals surface area (Å²) in [4.78, 5) is 42.1. The van der Waals surface area contributed by atoms with Crippen LogP contribution < -0.4 is 0 Å². The number of carbonyl (C=O) groups excluding carboxylic acids is 2. The monoisotopic (exact) mass is 678 g/mol. The van der Waals surface area contributed by atoms with Crippen LogP contribution in [0.3, 0.4) is 0 Å². The van der Waals surface area contributed by atoms with Crippen molar-refractivity contribution in [3.05, 3.63) is 168 Å². The van der Waals surface area contributed by atoms with Gasteiger partial charge in [0.15, 0.2) is 0 Å². The average Bonchev–Trinajstić information content (AvgIpc) is 3.92. The van der Waals surface area contributed by atoms with Crippen molar-refractivity contribution in [2.45, 2.75) is 24.3 Å². The molecule has 1 fully saturated rings. The van der Waals surface area contributed by atoms with Crippen LogP contribution in [-0.4, -0.2) is 49.8 Å². The van der Waals surface area contributed by atoms with Gasteiger partial charge in [0.1, 0.15) is 12.4 Å². The lowest BCUT2D eigenvalue weighted by molar-refractivity contribution is -0.143. The van der Waals surface area contributed by atoms with Crippen LogP contribution in [0.25, 0.3) is 22.5 Å². The van der Waals surface area contributed by atoms with Crippen molar-refractivity contribution in [2.24, 2.45) is 0 Å². The number of nitrogens with zero attached hydrogens (tertiary/aromatic N) is 4. The molecule has 1 saturated heterocycles. The first-order chi connectivity index (χ1) is 24.8. The third-order valence-electron chi connectivity index (χ3n) is 9.17. The van der Waals surface area contributed by atoms with E-state index in [2.05, 4.69) is 6.07 Å². The van der Waals surface area contributed by atoms with Crippen LogP contribution in [0.15, 0.2) is 140 Å². The molecule has 0 bridgehead atoms. The molecule has 51 heavy (non-hydrogen) atoms. The summed E-state index contributed by atoms with van der Waals surface area (Å²) >= 11 is 0. The standard InChI is InChI=1S/C41H31FN4O5/c42-33-12-16-35(17-13-33)44-20-18-31(24-44)37(39(47)46-36(26-51-41(46)50)22-27-4-2-1-3-5-27)38(40(48)49)32-19-21-45(25-32)34-14-10-30(11-15-34)29-8-6-28(23-43)7-9-29/h1-21,24-25,36-38H,22,26H2,(H,48,49). The molecule has 252 valence electrons. The van der Waals surface area contributed by atoms with Crippen molar-refractivity contribution < 1.29 is 28.6 Å². The molecule has 1 aliphatic heterocycles. The van der Waals surface area contributed by atoms with Gasteiger partial charge in [-0.05, 0) is 94.9 Å². The number of nitriles is 1. The average molecular weight is 679 g/mol. The molecule has 9 nitrogen and oxygen atoms in total. The van der Waals surface area contributed by atoms with Crippen LogP contribution in [0.1, 0.15) is 34.1 Å². The fraction of sp³-hybridized carbons (Fsp3) is 0.122. The van der Waals surface area contributed by atoms with Gasteiger partial charge in [-0.15, -0.1) is 0 Å². The Morgan fingerprint density at radius 1 is 0.784 bits per heavy atom. The summed E-state index contributed by atoms with van der Waals surface area (Å²) in [6, 6.07) is 34.9. The molecule has 10 heteroatoms. The van der Waals surface area contributed by atoms with E-state index in [4.69, 9.17) is 10.00 Å². The second-order valence-corrected chi connectivity index (χ2v) is 12.3. The SMILES string of the molecule is N#Cc1ccc(-c2ccc(-n3ccc(C(C(=O)O)C(C(=O)N4C(=O)OCC4Cc4ccccc4)c4ccn(-c5ccc(F)cc5)c4)c3)cc2)cc1. The zero-order chi connectivity index (χ0) is 35.5. The number of carboxylic acid groups (broad SMARTS) is 1. The molecule has 4 aromatic carbocycles. The Morgan fingerprint density at radius 2 is 1.33 bits per heavy atom. The fourth-order valence-corrected chi connectivity index (χ4v) is 6.56. The molecule has 2 amide bonds. The number of benzene rings is 4. The number of hydrogen-bond donors (Lipinski definition) is 1. The van der Waals surface area contributed by atoms with Gasteiger partial charge in [-0.1, -0.05) is 54.6 Å². The smallest absolute Gasteiger partial charge is 0.417 e. The van der Waals surface area contributed by atoms with E-state index in [0.29, 0.717) is 28.8 Å². The minimum Gasteiger partial charge on any atom is -0.481 e. The van der Waals surface area contributed by atoms with E-state index in [9.17, 15) is 23.9 Å². The zero-order valence-corrected chi connectivity index (χ0v) is 27.2. The van der Waals surface area contributed by atoms with Gasteiger partial charge < -0.3 is 19.0 Å². The highest BCUT2D eigenvalue weighted by Crippen LogP contribution is 2.38. The first-order valence-corrected chi connectivity index (χ1v) is 16.3. The van der Waals surface area contributed by atoms with Crippen LogP contribution in [0, 0.1) is 17.1 Å². The maximum Gasteiger partial charge on any atom is 0.417 e. The van der Waals surface area contributed by atoms with Crippen LogP contribution >= 0.6 is 0 Å². The Kier molecular flexibility index (Phi) is 9.01. The fourth-order valence-electron chi connectivity index (χ4n) is 6.56. The number of carboxylic acids is 1. The van der Waals surface area contributed by atoms with Gasteiger partial charge in [-0.2, -0.15) is 5.26 Å². The van der Waals surface area contributed by atoms with Gasteiger partial charge in [0, 0.05) is 36.2 Å². The molecule has 3 atom stereocenters. The van der Waals surface area contributed by atoms with Gasteiger partial charge >= 0.3 is 12.1 Å². The Morgan fingerprint density at radius 3 is 1.90 bits per heavy atom. The zero-order valence-electron chi connectivity index (χ0n) is 27.2. The molecule has 6 aromatic rings. The lowest BCUT2D eigenvalue weighted by Crippen LogP contribution is -2.45. The maximum atomic E-state index is 14.6. The number of rotatable bonds is 10. The molecule has 0 aliphatic carbocycles. The van der Waals surface area contributed by atoms with Gasteiger partial charge in [-0.3, -0.25) is 9.59 Å². The van der Waals surface area contributed by atoms with Gasteiger partial charge in [0.2, 0.25) is 5.91 Å². The minimum absolute atomic E-state index is 0.0185. The summed E-state index contributed by atoms with van der Waals surface area (Å²) in [5, 5.41) is 19.9. The molecule has 7 rings (SSSR count). The number of aliphatic carboxylic acids is 1. The van der Waals surface area contributed by atoms with Gasteiger partial charge in [0.25, 0.3) is 0 Å². The van der Waals surface area contributed by atoms with Crippen LogP contribution in [0.5, 0.6) is 0 Å². The lowest BCUT2D eigenvalue weighted by Gasteiger charge is -2.28. The molecule has 1 aliphatic rings. The third kappa shape index (κ3) is 6.78. The molecule has 0 spiro atoms. The second kappa shape index (κ2) is 14.0. The number of imide groups is 1. The van der Waals surface area contributed by atoms with Crippen molar-refractivity contribution in [3.8, 4) is 28.6 Å².